The van der Waals surface area contributed by atoms with Crippen molar-refractivity contribution in [2.24, 2.45) is 11.8 Å². The molecule has 0 saturated heterocycles. The molecule has 0 amide bonds. The zero-order valence-corrected chi connectivity index (χ0v) is 10.2. The summed E-state index contributed by atoms with van der Waals surface area (Å²) in [7, 11) is 0. The van der Waals surface area contributed by atoms with Crippen LogP contribution in [0, 0.1) is 11.8 Å². The number of carbonyl (C=O) groups is 2. The van der Waals surface area contributed by atoms with Crippen molar-refractivity contribution in [2.45, 2.75) is 45.3 Å². The number of rotatable bonds is 2. The van der Waals surface area contributed by atoms with Gasteiger partial charge < -0.3 is 9.47 Å². The molecule has 2 aliphatic rings. The van der Waals surface area contributed by atoms with Gasteiger partial charge in [-0.25, -0.2) is 0 Å². The Kier molecular flexibility index (Phi) is 3.50. The fourth-order valence-corrected chi connectivity index (χ4v) is 2.96. The van der Waals surface area contributed by atoms with Crippen molar-refractivity contribution >= 4 is 11.9 Å². The fraction of sp³-hybridized carbons (Fsp3) is 0.692. The molecule has 2 aliphatic carbocycles. The second-order valence-corrected chi connectivity index (χ2v) is 4.82. The van der Waals surface area contributed by atoms with Crippen LogP contribution in [0.3, 0.4) is 0 Å². The summed E-state index contributed by atoms with van der Waals surface area (Å²) < 4.78 is 10.6. The lowest BCUT2D eigenvalue weighted by molar-refractivity contribution is -0.165. The van der Waals surface area contributed by atoms with E-state index in [1.165, 1.54) is 13.8 Å². The lowest BCUT2D eigenvalue weighted by atomic mass is 9.85. The third-order valence-corrected chi connectivity index (χ3v) is 3.56. The van der Waals surface area contributed by atoms with Crippen molar-refractivity contribution in [3.63, 3.8) is 0 Å². The predicted octanol–water partition coefficient (Wildman–Crippen LogP) is 1.84. The first-order valence-corrected chi connectivity index (χ1v) is 6.07. The molecular formula is C13H18O4. The standard InChI is InChI=1S/C13H18O4/c1-8(14)16-12-7-10-5-3-4-6-11(10)13(12)17-9(2)15/h3-4,10-13H,5-7H2,1-2H3/t10-,11-,12+,13-/m0/s1. The van der Waals surface area contributed by atoms with E-state index in [9.17, 15) is 9.59 Å². The Morgan fingerprint density at radius 1 is 1.06 bits per heavy atom. The summed E-state index contributed by atoms with van der Waals surface area (Å²) in [6, 6.07) is 0. The van der Waals surface area contributed by atoms with Crippen LogP contribution in [0.2, 0.25) is 0 Å². The van der Waals surface area contributed by atoms with Crippen LogP contribution in [0.5, 0.6) is 0 Å². The maximum Gasteiger partial charge on any atom is 0.303 e. The zero-order valence-electron chi connectivity index (χ0n) is 10.2. The molecule has 1 fully saturated rings. The van der Waals surface area contributed by atoms with Crippen LogP contribution in [-0.2, 0) is 19.1 Å². The van der Waals surface area contributed by atoms with Gasteiger partial charge in [0, 0.05) is 19.8 Å². The highest BCUT2D eigenvalue weighted by Gasteiger charge is 2.46. The van der Waals surface area contributed by atoms with Gasteiger partial charge in [-0.3, -0.25) is 9.59 Å². The van der Waals surface area contributed by atoms with E-state index in [0.717, 1.165) is 19.3 Å². The fourth-order valence-electron chi connectivity index (χ4n) is 2.96. The SMILES string of the molecule is CC(=O)O[C@H]1[C@H]2CC=CC[C@H]2C[C@H]1OC(C)=O. The van der Waals surface area contributed by atoms with E-state index >= 15 is 0 Å². The lowest BCUT2D eigenvalue weighted by Crippen LogP contribution is -2.34. The maximum absolute atomic E-state index is 11.1. The first kappa shape index (κ1) is 12.1. The Hall–Kier alpha value is -1.32. The minimum absolute atomic E-state index is 0.272. The molecule has 0 radical (unpaired) electrons. The van der Waals surface area contributed by atoms with Gasteiger partial charge in [-0.05, 0) is 25.2 Å². The molecule has 4 atom stereocenters. The number of carbonyl (C=O) groups excluding carboxylic acids is 2. The zero-order chi connectivity index (χ0) is 12.4. The molecule has 0 N–H and O–H groups in total. The first-order valence-electron chi connectivity index (χ1n) is 6.07. The van der Waals surface area contributed by atoms with Crippen molar-refractivity contribution in [3.8, 4) is 0 Å². The monoisotopic (exact) mass is 238 g/mol. The van der Waals surface area contributed by atoms with Gasteiger partial charge in [0.1, 0.15) is 12.2 Å². The lowest BCUT2D eigenvalue weighted by Gasteiger charge is -2.26. The van der Waals surface area contributed by atoms with Gasteiger partial charge in [0.15, 0.2) is 0 Å². The number of fused-ring (bicyclic) bond motifs is 1. The number of hydrogen-bond acceptors (Lipinski definition) is 4. The van der Waals surface area contributed by atoms with Crippen LogP contribution in [-0.4, -0.2) is 24.1 Å². The van der Waals surface area contributed by atoms with Crippen molar-refractivity contribution < 1.29 is 19.1 Å². The van der Waals surface area contributed by atoms with Gasteiger partial charge in [-0.1, -0.05) is 12.2 Å². The Balaban J connectivity index is 2.10. The minimum atomic E-state index is -0.307. The maximum atomic E-state index is 11.1. The van der Waals surface area contributed by atoms with Gasteiger partial charge in [0.05, 0.1) is 0 Å². The summed E-state index contributed by atoms with van der Waals surface area (Å²) in [5.41, 5.74) is 0. The van der Waals surface area contributed by atoms with Crippen LogP contribution < -0.4 is 0 Å². The topological polar surface area (TPSA) is 52.6 Å². The highest BCUT2D eigenvalue weighted by Crippen LogP contribution is 2.42. The summed E-state index contributed by atoms with van der Waals surface area (Å²) in [5, 5.41) is 0. The summed E-state index contributed by atoms with van der Waals surface area (Å²) >= 11 is 0. The molecule has 0 aromatic carbocycles. The summed E-state index contributed by atoms with van der Waals surface area (Å²) in [4.78, 5) is 22.2. The van der Waals surface area contributed by atoms with Crippen molar-refractivity contribution in [1.82, 2.24) is 0 Å². The highest BCUT2D eigenvalue weighted by atomic mass is 16.6. The largest absolute Gasteiger partial charge is 0.459 e. The average molecular weight is 238 g/mol. The Morgan fingerprint density at radius 2 is 1.71 bits per heavy atom. The van der Waals surface area contributed by atoms with Crippen LogP contribution in [0.4, 0.5) is 0 Å². The van der Waals surface area contributed by atoms with Crippen molar-refractivity contribution in [3.05, 3.63) is 12.2 Å². The average Bonchev–Trinajstić information content (AvgIpc) is 2.55. The van der Waals surface area contributed by atoms with E-state index in [2.05, 4.69) is 12.2 Å². The second-order valence-electron chi connectivity index (χ2n) is 4.82. The number of ether oxygens (including phenoxy) is 2. The van der Waals surface area contributed by atoms with Crippen LogP contribution in [0.1, 0.15) is 33.1 Å². The molecule has 0 spiro atoms. The Morgan fingerprint density at radius 3 is 2.35 bits per heavy atom. The number of esters is 2. The van der Waals surface area contributed by atoms with Gasteiger partial charge in [-0.2, -0.15) is 0 Å². The quantitative estimate of drug-likeness (QED) is 0.544. The molecule has 17 heavy (non-hydrogen) atoms. The van der Waals surface area contributed by atoms with Gasteiger partial charge >= 0.3 is 11.9 Å². The predicted molar refractivity (Wildman–Crippen MR) is 61.1 cm³/mol. The molecule has 0 aliphatic heterocycles. The van der Waals surface area contributed by atoms with E-state index in [1.807, 2.05) is 0 Å². The van der Waals surface area contributed by atoms with Crippen molar-refractivity contribution in [1.29, 1.82) is 0 Å². The molecule has 0 aromatic rings. The van der Waals surface area contributed by atoms with E-state index < -0.39 is 0 Å². The van der Waals surface area contributed by atoms with Gasteiger partial charge in [0.2, 0.25) is 0 Å². The van der Waals surface area contributed by atoms with E-state index in [4.69, 9.17) is 9.47 Å². The second kappa shape index (κ2) is 4.90. The van der Waals surface area contributed by atoms with Crippen molar-refractivity contribution in [2.75, 3.05) is 0 Å². The molecular weight excluding hydrogens is 220 g/mol. The highest BCUT2D eigenvalue weighted by molar-refractivity contribution is 5.67. The normalized spacial score (nSPS) is 35.2. The third-order valence-electron chi connectivity index (χ3n) is 3.56. The molecule has 0 aromatic heterocycles. The third kappa shape index (κ3) is 2.68. The van der Waals surface area contributed by atoms with Crippen LogP contribution >= 0.6 is 0 Å². The smallest absolute Gasteiger partial charge is 0.303 e. The van der Waals surface area contributed by atoms with Crippen LogP contribution in [0.15, 0.2) is 12.2 Å². The number of allylic oxidation sites excluding steroid dienone is 2. The van der Waals surface area contributed by atoms with E-state index in [-0.39, 0.29) is 24.1 Å². The summed E-state index contributed by atoms with van der Waals surface area (Å²) in [6.45, 7) is 2.79. The molecule has 1 saturated carbocycles. The van der Waals surface area contributed by atoms with E-state index in [1.54, 1.807) is 0 Å². The van der Waals surface area contributed by atoms with Crippen LogP contribution in [0.25, 0.3) is 0 Å². The summed E-state index contributed by atoms with van der Waals surface area (Å²) in [6.07, 6.45) is 6.42. The van der Waals surface area contributed by atoms with E-state index in [0.29, 0.717) is 11.8 Å². The molecule has 0 unspecified atom stereocenters. The molecule has 4 nitrogen and oxygen atoms in total. The Labute approximate surface area is 101 Å². The van der Waals surface area contributed by atoms with Gasteiger partial charge in [0.25, 0.3) is 0 Å². The Bertz CT molecular complexity index is 347. The first-order chi connectivity index (χ1) is 8.08. The molecule has 4 heteroatoms. The molecule has 2 rings (SSSR count). The molecule has 0 bridgehead atoms. The summed E-state index contributed by atoms with van der Waals surface area (Å²) in [5.74, 6) is 0.156. The van der Waals surface area contributed by atoms with Gasteiger partial charge in [-0.15, -0.1) is 0 Å². The minimum Gasteiger partial charge on any atom is -0.459 e. The number of hydrogen-bond donors (Lipinski definition) is 0. The molecule has 0 heterocycles. The molecule has 94 valence electrons.